The van der Waals surface area contributed by atoms with Crippen molar-refractivity contribution in [3.63, 3.8) is 0 Å². The van der Waals surface area contributed by atoms with Crippen LogP contribution in [0.2, 0.25) is 5.02 Å². The van der Waals surface area contributed by atoms with E-state index in [2.05, 4.69) is 32.8 Å². The van der Waals surface area contributed by atoms with Crippen LogP contribution in [0.5, 0.6) is 0 Å². The zero-order chi connectivity index (χ0) is 19.6. The van der Waals surface area contributed by atoms with E-state index in [0.29, 0.717) is 0 Å². The van der Waals surface area contributed by atoms with E-state index in [1.165, 1.54) is 0 Å². The van der Waals surface area contributed by atoms with E-state index in [-0.39, 0.29) is 0 Å². The Morgan fingerprint density at radius 3 is 2.28 bits per heavy atom. The average molecular weight is 415 g/mol. The summed E-state index contributed by atoms with van der Waals surface area (Å²) in [4.78, 5) is 13.8. The molecule has 0 fully saturated rings. The first-order valence-corrected chi connectivity index (χ1v) is 10.3. The summed E-state index contributed by atoms with van der Waals surface area (Å²) < 4.78 is 0. The van der Waals surface area contributed by atoms with E-state index in [1.54, 1.807) is 17.5 Å². The number of halogens is 1. The Morgan fingerprint density at radius 2 is 1.48 bits per heavy atom. The summed E-state index contributed by atoms with van der Waals surface area (Å²) in [6.07, 6.45) is 1.75. The topological polar surface area (TPSA) is 50.7 Å². The molecule has 0 saturated carbocycles. The third-order valence-electron chi connectivity index (χ3n) is 4.50. The van der Waals surface area contributed by atoms with Gasteiger partial charge < -0.3 is 5.32 Å². The van der Waals surface area contributed by atoms with Gasteiger partial charge in [-0.25, -0.2) is 9.97 Å². The first-order valence-electron chi connectivity index (χ1n) is 9.05. The fourth-order valence-electron chi connectivity index (χ4n) is 3.02. The van der Waals surface area contributed by atoms with Crippen molar-refractivity contribution in [1.82, 2.24) is 15.0 Å². The van der Waals surface area contributed by atoms with Crippen molar-refractivity contribution in [3.8, 4) is 21.8 Å². The van der Waals surface area contributed by atoms with E-state index in [1.807, 2.05) is 60.7 Å². The monoisotopic (exact) mass is 414 g/mol. The average Bonchev–Trinajstić information content (AvgIpc) is 3.25. The van der Waals surface area contributed by atoms with Gasteiger partial charge in [0.2, 0.25) is 0 Å². The van der Waals surface area contributed by atoms with E-state index in [0.717, 1.165) is 49.4 Å². The molecule has 0 radical (unpaired) electrons. The number of benzene rings is 3. The Bertz CT molecular complexity index is 1280. The molecular formula is C23H15ClN4S. The smallest absolute Gasteiger partial charge is 0.149 e. The molecule has 0 atom stereocenters. The molecule has 140 valence electrons. The van der Waals surface area contributed by atoms with E-state index in [4.69, 9.17) is 16.6 Å². The number of rotatable bonds is 4. The van der Waals surface area contributed by atoms with Gasteiger partial charge in [0.25, 0.3) is 0 Å². The van der Waals surface area contributed by atoms with Gasteiger partial charge in [-0.2, -0.15) is 0 Å². The van der Waals surface area contributed by atoms with Gasteiger partial charge in [-0.1, -0.05) is 48.0 Å². The minimum Gasteiger partial charge on any atom is -0.339 e. The highest BCUT2D eigenvalue weighted by molar-refractivity contribution is 7.13. The summed E-state index contributed by atoms with van der Waals surface area (Å²) in [5.74, 6) is 0.718. The summed E-state index contributed by atoms with van der Waals surface area (Å²) in [7, 11) is 0. The number of thiazole rings is 1. The molecule has 2 heterocycles. The van der Waals surface area contributed by atoms with Crippen molar-refractivity contribution in [3.05, 3.63) is 89.4 Å². The fourth-order valence-corrected chi connectivity index (χ4v) is 3.98. The SMILES string of the molecule is Clc1ccc(-c2nc(-c3ccc(Nc4cnc5ccccc5n4)cc3)cs2)cc1. The molecule has 0 spiro atoms. The Labute approximate surface area is 176 Å². The lowest BCUT2D eigenvalue weighted by molar-refractivity contribution is 1.28. The summed E-state index contributed by atoms with van der Waals surface area (Å²) in [5.41, 5.74) is 5.79. The zero-order valence-corrected chi connectivity index (χ0v) is 16.8. The Hall–Kier alpha value is -3.28. The van der Waals surface area contributed by atoms with Crippen LogP contribution in [0.15, 0.2) is 84.4 Å². The standard InChI is InChI=1S/C23H15ClN4S/c24-17-9-5-16(6-10-17)23-28-21(14-29-23)15-7-11-18(12-8-15)26-22-13-25-19-3-1-2-4-20(19)27-22/h1-14H,(H,26,27). The maximum atomic E-state index is 5.97. The third-order valence-corrected chi connectivity index (χ3v) is 5.64. The lowest BCUT2D eigenvalue weighted by atomic mass is 10.1. The van der Waals surface area contributed by atoms with Gasteiger partial charge in [0.15, 0.2) is 0 Å². The molecule has 6 heteroatoms. The maximum absolute atomic E-state index is 5.97. The predicted octanol–water partition coefficient (Wildman–Crippen LogP) is 6.82. The molecule has 1 N–H and O–H groups in total. The number of fused-ring (bicyclic) bond motifs is 1. The first-order chi connectivity index (χ1) is 14.2. The van der Waals surface area contributed by atoms with Crippen LogP contribution < -0.4 is 5.32 Å². The normalized spacial score (nSPS) is 10.9. The van der Waals surface area contributed by atoms with Crippen molar-refractivity contribution >= 4 is 45.5 Å². The Morgan fingerprint density at radius 1 is 0.759 bits per heavy atom. The fraction of sp³-hybridized carbons (Fsp3) is 0. The number of nitrogens with zero attached hydrogens (tertiary/aromatic N) is 3. The van der Waals surface area contributed by atoms with Crippen molar-refractivity contribution in [1.29, 1.82) is 0 Å². The minimum atomic E-state index is 0.718. The second-order valence-corrected chi connectivity index (χ2v) is 7.79. The highest BCUT2D eigenvalue weighted by Crippen LogP contribution is 2.30. The van der Waals surface area contributed by atoms with Gasteiger partial charge in [-0.3, -0.25) is 4.98 Å². The summed E-state index contributed by atoms with van der Waals surface area (Å²) in [6, 6.07) is 23.7. The highest BCUT2D eigenvalue weighted by Gasteiger charge is 2.07. The minimum absolute atomic E-state index is 0.718. The predicted molar refractivity (Wildman–Crippen MR) is 121 cm³/mol. The molecule has 0 bridgehead atoms. The van der Waals surface area contributed by atoms with E-state index in [9.17, 15) is 0 Å². The molecule has 4 nitrogen and oxygen atoms in total. The van der Waals surface area contributed by atoms with Gasteiger partial charge >= 0.3 is 0 Å². The zero-order valence-electron chi connectivity index (χ0n) is 15.2. The van der Waals surface area contributed by atoms with Crippen LogP contribution in [0, 0.1) is 0 Å². The molecule has 0 saturated heterocycles. The quantitative estimate of drug-likeness (QED) is 0.350. The molecule has 3 aromatic carbocycles. The van der Waals surface area contributed by atoms with Gasteiger partial charge in [0.1, 0.15) is 10.8 Å². The lowest BCUT2D eigenvalue weighted by Gasteiger charge is -2.07. The number of anilines is 2. The van der Waals surface area contributed by atoms with Crippen molar-refractivity contribution < 1.29 is 0 Å². The third kappa shape index (κ3) is 3.83. The molecule has 5 rings (SSSR count). The number of aromatic nitrogens is 3. The number of hydrogen-bond acceptors (Lipinski definition) is 5. The molecular weight excluding hydrogens is 400 g/mol. The second kappa shape index (κ2) is 7.62. The Balaban J connectivity index is 1.35. The number of hydrogen-bond donors (Lipinski definition) is 1. The van der Waals surface area contributed by atoms with Gasteiger partial charge in [0.05, 0.1) is 22.9 Å². The first kappa shape index (κ1) is 17.8. The van der Waals surface area contributed by atoms with Crippen LogP contribution in [-0.2, 0) is 0 Å². The molecule has 0 unspecified atom stereocenters. The van der Waals surface area contributed by atoms with Crippen molar-refractivity contribution in [2.45, 2.75) is 0 Å². The molecule has 0 aliphatic rings. The second-order valence-electron chi connectivity index (χ2n) is 6.49. The van der Waals surface area contributed by atoms with E-state index >= 15 is 0 Å². The summed E-state index contributed by atoms with van der Waals surface area (Å²) in [6.45, 7) is 0. The molecule has 5 aromatic rings. The van der Waals surface area contributed by atoms with Crippen molar-refractivity contribution in [2.75, 3.05) is 5.32 Å². The molecule has 0 amide bonds. The maximum Gasteiger partial charge on any atom is 0.149 e. The van der Waals surface area contributed by atoms with Crippen LogP contribution in [0.3, 0.4) is 0 Å². The van der Waals surface area contributed by atoms with Gasteiger partial charge in [-0.15, -0.1) is 11.3 Å². The van der Waals surface area contributed by atoms with Gasteiger partial charge in [0, 0.05) is 27.2 Å². The van der Waals surface area contributed by atoms with E-state index < -0.39 is 0 Å². The van der Waals surface area contributed by atoms with Crippen LogP contribution in [0.4, 0.5) is 11.5 Å². The lowest BCUT2D eigenvalue weighted by Crippen LogP contribution is -1.95. The van der Waals surface area contributed by atoms with Crippen LogP contribution >= 0.6 is 22.9 Å². The van der Waals surface area contributed by atoms with Crippen LogP contribution in [0.1, 0.15) is 0 Å². The molecule has 0 aliphatic heterocycles. The van der Waals surface area contributed by atoms with Crippen molar-refractivity contribution in [2.24, 2.45) is 0 Å². The van der Waals surface area contributed by atoms with Crippen LogP contribution in [0.25, 0.3) is 32.9 Å². The molecule has 29 heavy (non-hydrogen) atoms. The Kier molecular flexibility index (Phi) is 4.68. The molecule has 2 aromatic heterocycles. The largest absolute Gasteiger partial charge is 0.339 e. The highest BCUT2D eigenvalue weighted by atomic mass is 35.5. The summed E-state index contributed by atoms with van der Waals surface area (Å²) >= 11 is 7.59. The molecule has 0 aliphatic carbocycles. The summed E-state index contributed by atoms with van der Waals surface area (Å²) in [5, 5.41) is 7.08. The van der Waals surface area contributed by atoms with Crippen LogP contribution in [-0.4, -0.2) is 15.0 Å². The number of nitrogens with one attached hydrogen (secondary N) is 1. The number of para-hydroxylation sites is 2. The van der Waals surface area contributed by atoms with Gasteiger partial charge in [-0.05, 0) is 36.4 Å².